The third-order valence-electron chi connectivity index (χ3n) is 5.81. The van der Waals surface area contributed by atoms with E-state index in [1.165, 1.54) is 25.5 Å². The van der Waals surface area contributed by atoms with Gasteiger partial charge in [0.1, 0.15) is 12.2 Å². The van der Waals surface area contributed by atoms with Crippen molar-refractivity contribution < 1.29 is 28.6 Å². The topological polar surface area (TPSA) is 110 Å². The van der Waals surface area contributed by atoms with Crippen LogP contribution in [0, 0.1) is 0 Å². The zero-order chi connectivity index (χ0) is 25.8. The highest BCUT2D eigenvalue weighted by atomic mass is 16.5. The van der Waals surface area contributed by atoms with Gasteiger partial charge in [0.25, 0.3) is 0 Å². The predicted octanol–water partition coefficient (Wildman–Crippen LogP) is 5.64. The molecule has 8 nitrogen and oxygen atoms in total. The summed E-state index contributed by atoms with van der Waals surface area (Å²) in [6.07, 6.45) is 1.49. The number of carbonyl (C=O) groups excluding carboxylic acids is 1. The summed E-state index contributed by atoms with van der Waals surface area (Å²) >= 11 is 0. The predicted molar refractivity (Wildman–Crippen MR) is 140 cm³/mol. The van der Waals surface area contributed by atoms with Gasteiger partial charge in [0.05, 0.1) is 18.9 Å². The van der Waals surface area contributed by atoms with Crippen molar-refractivity contribution in [3.05, 3.63) is 107 Å². The molecule has 0 saturated carbocycles. The molecular weight excluding hydrogens is 472 g/mol. The summed E-state index contributed by atoms with van der Waals surface area (Å²) in [4.78, 5) is 23.6. The minimum Gasteiger partial charge on any atom is -0.493 e. The number of rotatable bonds is 8. The molecule has 0 spiro atoms. The van der Waals surface area contributed by atoms with Crippen molar-refractivity contribution in [1.29, 1.82) is 0 Å². The van der Waals surface area contributed by atoms with Crippen LogP contribution in [-0.4, -0.2) is 30.3 Å². The minimum atomic E-state index is -0.978. The van der Waals surface area contributed by atoms with Crippen LogP contribution >= 0.6 is 0 Å². The van der Waals surface area contributed by atoms with E-state index in [-0.39, 0.29) is 17.9 Å². The lowest BCUT2D eigenvalue weighted by atomic mass is 10.1. The Balaban J connectivity index is 1.24. The molecule has 0 saturated heterocycles. The highest BCUT2D eigenvalue weighted by Gasteiger charge is 2.13. The molecule has 0 aliphatic heterocycles. The molecule has 1 amide bonds. The van der Waals surface area contributed by atoms with E-state index in [1.54, 1.807) is 36.4 Å². The highest BCUT2D eigenvalue weighted by molar-refractivity contribution is 6.08. The van der Waals surface area contributed by atoms with Gasteiger partial charge < -0.3 is 19.0 Å². The molecule has 5 aromatic rings. The number of amides is 1. The van der Waals surface area contributed by atoms with Gasteiger partial charge in [0.2, 0.25) is 0 Å². The van der Waals surface area contributed by atoms with E-state index in [0.717, 1.165) is 21.7 Å². The summed E-state index contributed by atoms with van der Waals surface area (Å²) in [5.74, 6) is -0.269. The number of carboxylic acid groups (broad SMARTS) is 1. The number of benzene rings is 4. The molecule has 0 aliphatic carbocycles. The number of methoxy groups -OCH3 is 1. The van der Waals surface area contributed by atoms with Crippen molar-refractivity contribution in [2.45, 2.75) is 6.61 Å². The second-order valence-corrected chi connectivity index (χ2v) is 8.21. The number of hydrogen-bond acceptors (Lipinski definition) is 6. The first-order chi connectivity index (χ1) is 18.0. The van der Waals surface area contributed by atoms with Crippen LogP contribution in [0.15, 0.2) is 94.4 Å². The fraction of sp³-hybridized carbons (Fsp3) is 0.0690. The van der Waals surface area contributed by atoms with Crippen molar-refractivity contribution in [1.82, 2.24) is 5.43 Å². The third kappa shape index (κ3) is 5.13. The van der Waals surface area contributed by atoms with E-state index in [4.69, 9.17) is 19.0 Å². The maximum Gasteiger partial charge on any atom is 0.335 e. The smallest absolute Gasteiger partial charge is 0.335 e. The van der Waals surface area contributed by atoms with Crippen LogP contribution < -0.4 is 14.9 Å². The van der Waals surface area contributed by atoms with Crippen LogP contribution in [-0.2, 0) is 6.61 Å². The molecule has 4 aromatic carbocycles. The van der Waals surface area contributed by atoms with Crippen LogP contribution in [0.25, 0.3) is 21.7 Å². The van der Waals surface area contributed by atoms with Gasteiger partial charge in [0, 0.05) is 5.39 Å². The van der Waals surface area contributed by atoms with Gasteiger partial charge in [-0.25, -0.2) is 10.2 Å². The van der Waals surface area contributed by atoms with Crippen molar-refractivity contribution in [2.24, 2.45) is 5.10 Å². The quantitative estimate of drug-likeness (QED) is 0.214. The van der Waals surface area contributed by atoms with Crippen molar-refractivity contribution >= 4 is 39.8 Å². The van der Waals surface area contributed by atoms with E-state index in [9.17, 15) is 9.59 Å². The summed E-state index contributed by atoms with van der Waals surface area (Å²) in [5, 5.41) is 16.0. The van der Waals surface area contributed by atoms with Crippen molar-refractivity contribution in [3.8, 4) is 11.5 Å². The van der Waals surface area contributed by atoms with E-state index < -0.39 is 11.9 Å². The first-order valence-electron chi connectivity index (χ1n) is 11.4. The lowest BCUT2D eigenvalue weighted by Crippen LogP contribution is -2.16. The number of nitrogens with zero attached hydrogens (tertiary/aromatic N) is 1. The van der Waals surface area contributed by atoms with E-state index >= 15 is 0 Å². The molecular formula is C29H22N2O6. The zero-order valence-corrected chi connectivity index (χ0v) is 19.8. The maximum absolute atomic E-state index is 12.6. The second-order valence-electron chi connectivity index (χ2n) is 8.21. The fourth-order valence-electron chi connectivity index (χ4n) is 3.91. The summed E-state index contributed by atoms with van der Waals surface area (Å²) in [5.41, 5.74) is 4.84. The Morgan fingerprint density at radius 1 is 0.946 bits per heavy atom. The Kier molecular flexibility index (Phi) is 6.54. The summed E-state index contributed by atoms with van der Waals surface area (Å²) in [7, 11) is 1.53. The first kappa shape index (κ1) is 23.6. The third-order valence-corrected chi connectivity index (χ3v) is 5.81. The van der Waals surface area contributed by atoms with E-state index in [0.29, 0.717) is 22.6 Å². The van der Waals surface area contributed by atoms with Gasteiger partial charge in [-0.2, -0.15) is 5.10 Å². The Bertz CT molecular complexity index is 1640. The van der Waals surface area contributed by atoms with Gasteiger partial charge in [-0.1, -0.05) is 42.5 Å². The first-order valence-corrected chi connectivity index (χ1v) is 11.4. The number of aromatic carboxylic acids is 1. The lowest BCUT2D eigenvalue weighted by molar-refractivity contribution is 0.0696. The molecule has 2 N–H and O–H groups in total. The molecule has 1 aromatic heterocycles. The molecule has 0 aliphatic rings. The van der Waals surface area contributed by atoms with Crippen molar-refractivity contribution in [3.63, 3.8) is 0 Å². The minimum absolute atomic E-state index is 0.168. The van der Waals surface area contributed by atoms with Gasteiger partial charge in [-0.3, -0.25) is 4.79 Å². The number of ether oxygens (including phenoxy) is 2. The summed E-state index contributed by atoms with van der Waals surface area (Å²) in [6, 6.07) is 25.1. The standard InChI is InChI=1S/C29H22N2O6/c1-35-26-14-19(8-12-25(26)36-17-18-6-9-21(10-7-18)29(33)34)16-30-31-28(32)27-15-23-22-5-3-2-4-20(22)11-13-24(23)37-27/h2-16H,17H2,1H3,(H,31,32)(H,33,34)/b30-16-. The lowest BCUT2D eigenvalue weighted by Gasteiger charge is -2.11. The molecule has 0 unspecified atom stereocenters. The molecule has 0 radical (unpaired) electrons. The maximum atomic E-state index is 12.6. The van der Waals surface area contributed by atoms with Crippen LogP contribution in [0.4, 0.5) is 0 Å². The largest absolute Gasteiger partial charge is 0.493 e. The van der Waals surface area contributed by atoms with Crippen molar-refractivity contribution in [2.75, 3.05) is 7.11 Å². The number of nitrogens with one attached hydrogen (secondary N) is 1. The number of hydrazone groups is 1. The Labute approximate surface area is 211 Å². The number of fused-ring (bicyclic) bond motifs is 3. The Morgan fingerprint density at radius 3 is 2.54 bits per heavy atom. The molecule has 0 fully saturated rings. The Hall–Kier alpha value is -5.11. The summed E-state index contributed by atoms with van der Waals surface area (Å²) < 4.78 is 17.0. The molecule has 1 heterocycles. The van der Waals surface area contributed by atoms with Crippen LogP contribution in [0.3, 0.4) is 0 Å². The molecule has 0 bridgehead atoms. The number of carbonyl (C=O) groups is 2. The molecule has 37 heavy (non-hydrogen) atoms. The monoisotopic (exact) mass is 494 g/mol. The normalized spacial score (nSPS) is 11.2. The molecule has 0 atom stereocenters. The zero-order valence-electron chi connectivity index (χ0n) is 19.8. The number of furan rings is 1. The van der Waals surface area contributed by atoms with Gasteiger partial charge in [0.15, 0.2) is 17.3 Å². The highest BCUT2D eigenvalue weighted by Crippen LogP contribution is 2.29. The second kappa shape index (κ2) is 10.2. The SMILES string of the molecule is COc1cc(/C=N\NC(=O)c2cc3c(ccc4ccccc43)o2)ccc1OCc1ccc(C(=O)O)cc1. The Morgan fingerprint density at radius 2 is 1.76 bits per heavy atom. The summed E-state index contributed by atoms with van der Waals surface area (Å²) in [6.45, 7) is 0.243. The molecule has 5 rings (SSSR count). The molecule has 8 heteroatoms. The van der Waals surface area contributed by atoms with Crippen LogP contribution in [0.2, 0.25) is 0 Å². The van der Waals surface area contributed by atoms with Gasteiger partial charge in [-0.15, -0.1) is 0 Å². The number of hydrogen-bond donors (Lipinski definition) is 2. The average Bonchev–Trinajstić information content (AvgIpc) is 3.37. The number of carboxylic acids is 1. The average molecular weight is 495 g/mol. The van der Waals surface area contributed by atoms with Gasteiger partial charge in [-0.05, 0) is 64.4 Å². The van der Waals surface area contributed by atoms with E-state index in [1.807, 2.05) is 36.4 Å². The molecule has 184 valence electrons. The van der Waals surface area contributed by atoms with Crippen LogP contribution in [0.1, 0.15) is 32.0 Å². The van der Waals surface area contributed by atoms with E-state index in [2.05, 4.69) is 10.5 Å². The van der Waals surface area contributed by atoms with Gasteiger partial charge >= 0.3 is 11.9 Å². The van der Waals surface area contributed by atoms with Crippen LogP contribution in [0.5, 0.6) is 11.5 Å². The fourth-order valence-corrected chi connectivity index (χ4v) is 3.91.